The minimum atomic E-state index is -0.373. The van der Waals surface area contributed by atoms with E-state index in [1.807, 2.05) is 133 Å². The third kappa shape index (κ3) is 17.9. The lowest BCUT2D eigenvalue weighted by molar-refractivity contribution is -0.126. The van der Waals surface area contributed by atoms with Gasteiger partial charge < -0.3 is 47.0 Å². The van der Waals surface area contributed by atoms with Gasteiger partial charge in [-0.1, -0.05) is 74.9 Å². The fourth-order valence-corrected chi connectivity index (χ4v) is 25.0. The summed E-state index contributed by atoms with van der Waals surface area (Å²) in [6.45, 7) is 22.1. The van der Waals surface area contributed by atoms with Gasteiger partial charge in [-0.25, -0.2) is 43.7 Å². The number of methoxy groups -OCH3 is 1. The van der Waals surface area contributed by atoms with Gasteiger partial charge in [0.1, 0.15) is 34.3 Å². The number of imidazole rings is 4. The molecule has 4 spiro atoms. The van der Waals surface area contributed by atoms with Crippen LogP contribution in [-0.4, -0.2) is 184 Å². The Kier molecular flexibility index (Phi) is 24.9. The molecule has 5 aliphatic carbocycles. The van der Waals surface area contributed by atoms with Crippen molar-refractivity contribution in [3.05, 3.63) is 288 Å². The molecule has 4 aromatic carbocycles. The average Bonchev–Trinajstić information content (AvgIpc) is 1.60. The Morgan fingerprint density at radius 2 is 0.845 bits per heavy atom. The third-order valence-electron chi connectivity index (χ3n) is 29.4. The number of thiophene rings is 3. The molecule has 0 bridgehead atoms. The number of likely N-dealkylation sites (tertiary alicyclic amines) is 4. The number of aryl methyl sites for hydroxylation is 1. The van der Waals surface area contributed by atoms with E-state index in [-0.39, 0.29) is 105 Å². The number of rotatable bonds is 20. The number of para-hydroxylation sites is 6. The highest BCUT2D eigenvalue weighted by atomic mass is 32.1. The van der Waals surface area contributed by atoms with Crippen LogP contribution in [0, 0.1) is 40.2 Å². The SMILES string of the molecule is C=CC(=O)N1CCC2(CC(n3c(NC(=O)c4ccc(-c5ccco5)s4)nc4cccc(F)c43)C2)C1.C=CC(=O)N1CCC2(CC(n3c(NC(=O)c4ccc(-c5cnc(C)nc5)s4)nc4ccccc43)C2)C1.C=CC(=O)N1CCC2(CC(n3c(NC(=O)c4ccc(-c5cncc6c5C=CC6)s4)nc4cccc(F)c43)C2)C1.C=CC(=O)N1CCC2(CC(n3c(NC(=O)c4ccc(OC)nc4)nc4ccccc43)C2)C1. The first-order valence-corrected chi connectivity index (χ1v) is 49.8. The topological polar surface area (TPSA) is 343 Å². The van der Waals surface area contributed by atoms with Crippen molar-refractivity contribution < 1.29 is 56.3 Å². The van der Waals surface area contributed by atoms with E-state index in [4.69, 9.17) is 19.1 Å². The second-order valence-electron chi connectivity index (χ2n) is 38.3. The van der Waals surface area contributed by atoms with Gasteiger partial charge in [0.15, 0.2) is 0 Å². The van der Waals surface area contributed by atoms with Crippen LogP contribution in [-0.2, 0) is 25.6 Å². The van der Waals surface area contributed by atoms with E-state index in [0.29, 0.717) is 110 Å². The highest BCUT2D eigenvalue weighted by Crippen LogP contribution is 2.60. The Hall–Kier alpha value is -15.4. The number of carbonyl (C=O) groups is 8. The van der Waals surface area contributed by atoms with Crippen LogP contribution in [0.5, 0.6) is 5.88 Å². The molecule has 30 nitrogen and oxygen atoms in total. The summed E-state index contributed by atoms with van der Waals surface area (Å²) < 4.78 is 48.5. The molecule has 11 aromatic heterocycles. The van der Waals surface area contributed by atoms with Crippen molar-refractivity contribution in [1.29, 1.82) is 0 Å². The van der Waals surface area contributed by atoms with Gasteiger partial charge in [-0.15, -0.1) is 34.0 Å². The van der Waals surface area contributed by atoms with E-state index in [9.17, 15) is 42.7 Å². The maximum absolute atomic E-state index is 15.1. The number of benzene rings is 4. The number of hydrogen-bond acceptors (Lipinski definition) is 21. The Balaban J connectivity index is 0.000000112. The first kappa shape index (κ1) is 93.0. The second kappa shape index (κ2) is 38.0. The molecule has 24 rings (SSSR count). The Morgan fingerprint density at radius 3 is 1.28 bits per heavy atom. The molecular formula is C107H100F2N20O10S3. The number of halogens is 2. The van der Waals surface area contributed by atoms with E-state index < -0.39 is 0 Å². The van der Waals surface area contributed by atoms with E-state index in [1.54, 1.807) is 67.2 Å². The zero-order chi connectivity index (χ0) is 98.0. The molecule has 15 heterocycles. The lowest BCUT2D eigenvalue weighted by Gasteiger charge is -2.46. The number of hydrogen-bond donors (Lipinski definition) is 4. The number of allylic oxidation sites excluding steroid dienone is 1. The lowest BCUT2D eigenvalue weighted by Crippen LogP contribution is -2.42. The molecule has 35 heteroatoms. The molecule has 4 N–H and O–H groups in total. The molecule has 4 saturated heterocycles. The molecule has 8 amide bonds. The number of furan rings is 1. The number of amides is 8. The maximum Gasteiger partial charge on any atom is 0.268 e. The van der Waals surface area contributed by atoms with Crippen LogP contribution in [0.3, 0.4) is 0 Å². The fourth-order valence-electron chi connectivity index (χ4n) is 22.4. The summed E-state index contributed by atoms with van der Waals surface area (Å²) in [7, 11) is 1.53. The molecule has 720 valence electrons. The van der Waals surface area contributed by atoms with Gasteiger partial charge in [-0.3, -0.25) is 64.6 Å². The molecule has 9 aliphatic rings. The number of carbonyl (C=O) groups excluding carboxylic acids is 8. The number of pyridine rings is 2. The Bertz CT molecular complexity index is 7590. The van der Waals surface area contributed by atoms with Crippen molar-refractivity contribution in [2.45, 2.75) is 115 Å². The zero-order valence-corrected chi connectivity index (χ0v) is 80.4. The summed E-state index contributed by atoms with van der Waals surface area (Å²) in [4.78, 5) is 148. The molecule has 0 atom stereocenters. The van der Waals surface area contributed by atoms with Crippen molar-refractivity contribution in [2.24, 2.45) is 21.7 Å². The predicted octanol–water partition coefficient (Wildman–Crippen LogP) is 19.6. The molecule has 0 radical (unpaired) electrons. The minimum Gasteiger partial charge on any atom is -0.481 e. The van der Waals surface area contributed by atoms with Crippen molar-refractivity contribution in [3.63, 3.8) is 0 Å². The van der Waals surface area contributed by atoms with Gasteiger partial charge >= 0.3 is 0 Å². The number of anilines is 4. The summed E-state index contributed by atoms with van der Waals surface area (Å²) in [6.07, 6.45) is 31.7. The summed E-state index contributed by atoms with van der Waals surface area (Å²) in [5.74, 6) is 1.75. The summed E-state index contributed by atoms with van der Waals surface area (Å²) in [6, 6.07) is 43.9. The van der Waals surface area contributed by atoms with Crippen LogP contribution in [0.25, 0.3) is 81.7 Å². The number of nitrogens with zero attached hydrogens (tertiary/aromatic N) is 16. The average molecular weight is 1960 g/mol. The number of nitrogens with one attached hydrogen (secondary N) is 4. The third-order valence-corrected chi connectivity index (χ3v) is 32.8. The van der Waals surface area contributed by atoms with E-state index in [1.165, 1.54) is 89.3 Å². The summed E-state index contributed by atoms with van der Waals surface area (Å²) in [5.41, 5.74) is 10.4. The van der Waals surface area contributed by atoms with Gasteiger partial charge in [0.2, 0.25) is 53.3 Å². The molecule has 4 saturated carbocycles. The molecule has 15 aromatic rings. The van der Waals surface area contributed by atoms with Crippen LogP contribution in [0.15, 0.2) is 244 Å². The minimum absolute atomic E-state index is 0.000501. The van der Waals surface area contributed by atoms with Crippen molar-refractivity contribution >= 4 is 155 Å². The smallest absolute Gasteiger partial charge is 0.268 e. The molecule has 142 heavy (non-hydrogen) atoms. The van der Waals surface area contributed by atoms with Gasteiger partial charge in [-0.05, 0) is 251 Å². The van der Waals surface area contributed by atoms with Crippen molar-refractivity contribution in [1.82, 2.24) is 77.7 Å². The molecule has 8 fully saturated rings. The summed E-state index contributed by atoms with van der Waals surface area (Å²) >= 11 is 4.13. The lowest BCUT2D eigenvalue weighted by atomic mass is 9.64. The van der Waals surface area contributed by atoms with E-state index in [0.717, 1.165) is 163 Å². The van der Waals surface area contributed by atoms with Gasteiger partial charge in [0.05, 0.1) is 71.5 Å². The van der Waals surface area contributed by atoms with Crippen LogP contribution in [0.4, 0.5) is 32.6 Å². The second-order valence-corrected chi connectivity index (χ2v) is 41.5. The number of ether oxygens (including phenoxy) is 1. The van der Waals surface area contributed by atoms with Crippen LogP contribution in [0.1, 0.15) is 158 Å². The van der Waals surface area contributed by atoms with Gasteiger partial charge in [0.25, 0.3) is 23.6 Å². The first-order valence-electron chi connectivity index (χ1n) is 47.3. The van der Waals surface area contributed by atoms with Crippen LogP contribution < -0.4 is 26.0 Å². The highest BCUT2D eigenvalue weighted by Gasteiger charge is 2.55. The van der Waals surface area contributed by atoms with Crippen molar-refractivity contribution in [3.8, 4) is 37.4 Å². The Morgan fingerprint density at radius 1 is 0.437 bits per heavy atom. The van der Waals surface area contributed by atoms with Gasteiger partial charge in [-0.2, -0.15) is 0 Å². The monoisotopic (exact) mass is 1960 g/mol. The highest BCUT2D eigenvalue weighted by molar-refractivity contribution is 7.18. The Labute approximate surface area is 826 Å². The molecule has 4 aliphatic heterocycles. The summed E-state index contributed by atoms with van der Waals surface area (Å²) in [5, 5.41) is 11.9. The van der Waals surface area contributed by atoms with Crippen LogP contribution >= 0.6 is 34.0 Å². The number of aromatic nitrogens is 12. The molecular weight excluding hydrogens is 1860 g/mol. The maximum atomic E-state index is 15.1. The van der Waals surface area contributed by atoms with E-state index in [2.05, 4.69) is 98.8 Å². The first-order chi connectivity index (χ1) is 68.9. The van der Waals surface area contributed by atoms with Crippen molar-refractivity contribution in [2.75, 3.05) is 80.7 Å². The standard InChI is InChI=1S/C30H26FN5O2S.C27H26N6O2S.C26H23FN4O3S.C24H25N5O3/c1-2-26(37)35-12-11-30(17-35)13-19(14-30)36-27-22(31)7-4-8-23(27)33-29(36)34-28(38)25-10-9-24(39-25)21-16-32-15-18-5-3-6-20(18)21;1-3-24(34)32-11-10-27(16-32)12-19(13-27)33-21-7-5-4-6-20(21)30-26(33)31-25(35)23-9-8-22(36-23)18-14-28-17(2)29-15-18;1-2-22(32)30-11-10-26(15-30)13-16(14-26)31-23-17(27)5-3-6-18(23)28-25(31)29-24(33)21-9-8-20(35-21)19-7-4-12-34-19;1-3-21(30)28-11-10-24(15-28)12-17(13-24)29-19-7-5-4-6-18(19)26-23(29)27-22(31)16-8-9-20(32-2)25-14-16/h2-4,6-10,15-16,19H,1,5,11-14,17H2,(H,33,34,38);3-9,14-15,19H,1,10-13,16H2,2H3,(H,30,31,35);2-9,12,16H,1,10-11,13-15H2,(H,28,29,33);3-9,14,17H,1,10-13,15H2,2H3,(H,26,27,31). The van der Waals surface area contributed by atoms with Gasteiger partial charge in [0, 0.05) is 134 Å². The quantitative estimate of drug-likeness (QED) is 0.0515. The van der Waals surface area contributed by atoms with Crippen LogP contribution in [0.2, 0.25) is 0 Å². The molecule has 0 unspecified atom stereocenters. The fraction of sp³-hybridized carbons (Fsp3) is 0.290. The van der Waals surface area contributed by atoms with E-state index >= 15 is 4.39 Å². The number of fused-ring (bicyclic) bond motifs is 5. The normalized spacial score (nSPS) is 21.4. The zero-order valence-electron chi connectivity index (χ0n) is 78.0. The predicted molar refractivity (Wildman–Crippen MR) is 542 cm³/mol. The largest absolute Gasteiger partial charge is 0.481 e.